The monoisotopic (exact) mass is 482 g/mol. The van der Waals surface area contributed by atoms with Crippen molar-refractivity contribution in [1.29, 1.82) is 0 Å². The van der Waals surface area contributed by atoms with Gasteiger partial charge in [0.1, 0.15) is 14.7 Å². The highest BCUT2D eigenvalue weighted by Crippen LogP contribution is 2.39. The van der Waals surface area contributed by atoms with E-state index in [9.17, 15) is 9.59 Å². The van der Waals surface area contributed by atoms with Crippen LogP contribution in [0.15, 0.2) is 35.7 Å². The zero-order valence-electron chi connectivity index (χ0n) is 16.9. The lowest BCUT2D eigenvalue weighted by Gasteiger charge is -2.14. The molecule has 0 bridgehead atoms. The molecule has 1 aliphatic carbocycles. The van der Waals surface area contributed by atoms with Crippen molar-refractivity contribution in [2.75, 3.05) is 11.1 Å². The van der Waals surface area contributed by atoms with Gasteiger partial charge in [-0.15, -0.1) is 22.7 Å². The first-order chi connectivity index (χ1) is 15.4. The summed E-state index contributed by atoms with van der Waals surface area (Å²) in [7, 11) is 0. The van der Waals surface area contributed by atoms with Crippen LogP contribution in [0.2, 0.25) is 5.02 Å². The fourth-order valence-corrected chi connectivity index (χ4v) is 6.11. The molecule has 1 aliphatic rings. The Morgan fingerprint density at radius 2 is 1.88 bits per heavy atom. The molecule has 32 heavy (non-hydrogen) atoms. The van der Waals surface area contributed by atoms with Crippen molar-refractivity contribution >= 4 is 67.0 Å². The Morgan fingerprint density at radius 3 is 2.62 bits per heavy atom. The summed E-state index contributed by atoms with van der Waals surface area (Å²) in [5.41, 5.74) is 16.4. The number of carbonyl (C=O) groups is 2. The second kappa shape index (κ2) is 8.20. The molecule has 0 radical (unpaired) electrons. The highest BCUT2D eigenvalue weighted by molar-refractivity contribution is 7.21. The number of aromatic nitrogens is 1. The molecule has 162 valence electrons. The van der Waals surface area contributed by atoms with Gasteiger partial charge in [-0.05, 0) is 55.0 Å². The number of pyridine rings is 1. The van der Waals surface area contributed by atoms with Crippen molar-refractivity contribution in [3.8, 4) is 11.1 Å². The summed E-state index contributed by atoms with van der Waals surface area (Å²) in [6, 6.07) is 9.15. The second-order valence-electron chi connectivity index (χ2n) is 7.68. The fourth-order valence-electron chi connectivity index (χ4n) is 4.02. The molecule has 3 aromatic heterocycles. The lowest BCUT2D eigenvalue weighted by molar-refractivity contribution is 0.100. The number of fused-ring (bicyclic) bond motifs is 2. The average Bonchev–Trinajstić information content (AvgIpc) is 3.34. The first-order valence-electron chi connectivity index (χ1n) is 10.1. The van der Waals surface area contributed by atoms with Gasteiger partial charge in [0.2, 0.25) is 0 Å². The van der Waals surface area contributed by atoms with Crippen LogP contribution in [0.5, 0.6) is 0 Å². The second-order valence-corrected chi connectivity index (χ2v) is 9.99. The van der Waals surface area contributed by atoms with E-state index < -0.39 is 5.91 Å². The Balaban J connectivity index is 1.50. The molecule has 4 aromatic rings. The first kappa shape index (κ1) is 20.9. The van der Waals surface area contributed by atoms with Gasteiger partial charge in [-0.3, -0.25) is 9.59 Å². The van der Waals surface area contributed by atoms with Crippen molar-refractivity contribution in [2.45, 2.75) is 25.7 Å². The number of nitrogen functional groups attached to an aromatic ring is 1. The number of primary amides is 1. The van der Waals surface area contributed by atoms with Gasteiger partial charge < -0.3 is 16.8 Å². The minimum absolute atomic E-state index is 0.263. The SMILES string of the molecule is NC(=O)c1c(-c2ccc(Cl)cc2)csc1NC(=O)c1sc2nc3c(cc2c1N)CCCC3. The van der Waals surface area contributed by atoms with Gasteiger partial charge in [0, 0.05) is 27.0 Å². The van der Waals surface area contributed by atoms with Crippen LogP contribution in [0.1, 0.15) is 44.1 Å². The highest BCUT2D eigenvalue weighted by atomic mass is 35.5. The Kier molecular flexibility index (Phi) is 5.36. The third-order valence-electron chi connectivity index (χ3n) is 5.63. The van der Waals surface area contributed by atoms with E-state index in [1.165, 1.54) is 28.2 Å². The van der Waals surface area contributed by atoms with E-state index in [1.54, 1.807) is 29.6 Å². The predicted octanol–water partition coefficient (Wildman–Crippen LogP) is 5.49. The molecule has 3 heterocycles. The number of carbonyl (C=O) groups excluding carboxylic acids is 2. The fraction of sp³-hybridized carbons (Fsp3) is 0.174. The lowest BCUT2D eigenvalue weighted by Crippen LogP contribution is -2.17. The Hall–Kier alpha value is -2.94. The van der Waals surface area contributed by atoms with Crippen LogP contribution in [-0.2, 0) is 12.8 Å². The molecule has 0 spiro atoms. The number of nitrogens with zero attached hydrogens (tertiary/aromatic N) is 1. The molecule has 0 fully saturated rings. The van der Waals surface area contributed by atoms with E-state index in [1.807, 2.05) is 0 Å². The standard InChI is InChI=1S/C23H19ClN4O2S2/c24-13-7-5-11(6-8-13)15-10-31-23(17(15)20(26)29)28-21(30)19-18(25)14-9-12-3-1-2-4-16(12)27-22(14)32-19/h5-10H,1-4,25H2,(H2,26,29)(H,28,30). The van der Waals surface area contributed by atoms with Crippen LogP contribution in [0, 0.1) is 0 Å². The predicted molar refractivity (Wildman–Crippen MR) is 132 cm³/mol. The van der Waals surface area contributed by atoms with Gasteiger partial charge in [-0.2, -0.15) is 0 Å². The molecule has 0 saturated carbocycles. The molecule has 9 heteroatoms. The van der Waals surface area contributed by atoms with Gasteiger partial charge in [0.05, 0.1) is 11.3 Å². The normalized spacial score (nSPS) is 13.2. The van der Waals surface area contributed by atoms with E-state index in [2.05, 4.69) is 11.4 Å². The van der Waals surface area contributed by atoms with Crippen LogP contribution in [-0.4, -0.2) is 16.8 Å². The molecular formula is C23H19ClN4O2S2. The van der Waals surface area contributed by atoms with Gasteiger partial charge in [-0.1, -0.05) is 23.7 Å². The topological polar surface area (TPSA) is 111 Å². The summed E-state index contributed by atoms with van der Waals surface area (Å²) in [5, 5.41) is 6.42. The lowest BCUT2D eigenvalue weighted by atomic mass is 9.95. The zero-order valence-corrected chi connectivity index (χ0v) is 19.3. The minimum Gasteiger partial charge on any atom is -0.397 e. The van der Waals surface area contributed by atoms with Crippen molar-refractivity contribution < 1.29 is 9.59 Å². The number of thiophene rings is 2. The largest absolute Gasteiger partial charge is 0.397 e. The number of nitrogens with two attached hydrogens (primary N) is 2. The number of hydrogen-bond acceptors (Lipinski definition) is 6. The number of amides is 2. The quantitative estimate of drug-likeness (QED) is 0.357. The molecule has 2 amide bonds. The molecule has 0 atom stereocenters. The molecular weight excluding hydrogens is 464 g/mol. The Morgan fingerprint density at radius 1 is 1.12 bits per heavy atom. The van der Waals surface area contributed by atoms with Gasteiger partial charge in [-0.25, -0.2) is 4.98 Å². The summed E-state index contributed by atoms with van der Waals surface area (Å²) in [6.45, 7) is 0. The number of anilines is 2. The van der Waals surface area contributed by atoms with Crippen LogP contribution in [0.4, 0.5) is 10.7 Å². The number of benzene rings is 1. The Labute approximate surface area is 197 Å². The summed E-state index contributed by atoms with van der Waals surface area (Å²) in [4.78, 5) is 31.3. The van der Waals surface area contributed by atoms with E-state index in [0.29, 0.717) is 26.2 Å². The molecule has 1 aromatic carbocycles. The number of nitrogens with one attached hydrogen (secondary N) is 1. The van der Waals surface area contributed by atoms with Crippen molar-refractivity contribution in [1.82, 2.24) is 4.98 Å². The maximum atomic E-state index is 13.1. The Bertz CT molecular complexity index is 1380. The molecule has 0 aliphatic heterocycles. The van der Waals surface area contributed by atoms with E-state index >= 15 is 0 Å². The van der Waals surface area contributed by atoms with Crippen LogP contribution < -0.4 is 16.8 Å². The van der Waals surface area contributed by atoms with Crippen LogP contribution in [0.25, 0.3) is 21.3 Å². The van der Waals surface area contributed by atoms with Gasteiger partial charge >= 0.3 is 0 Å². The number of aryl methyl sites for hydroxylation is 2. The maximum absolute atomic E-state index is 13.1. The van der Waals surface area contributed by atoms with E-state index in [-0.39, 0.29) is 11.5 Å². The smallest absolute Gasteiger partial charge is 0.268 e. The molecule has 0 unspecified atom stereocenters. The molecule has 5 rings (SSSR count). The van der Waals surface area contributed by atoms with E-state index in [4.69, 9.17) is 28.1 Å². The van der Waals surface area contributed by atoms with Gasteiger partial charge in [0.25, 0.3) is 11.8 Å². The molecule has 6 nitrogen and oxygen atoms in total. The summed E-state index contributed by atoms with van der Waals surface area (Å²) >= 11 is 8.48. The van der Waals surface area contributed by atoms with Crippen LogP contribution in [0.3, 0.4) is 0 Å². The number of rotatable bonds is 4. The molecule has 5 N–H and O–H groups in total. The van der Waals surface area contributed by atoms with Gasteiger partial charge in [0.15, 0.2) is 0 Å². The zero-order chi connectivity index (χ0) is 22.4. The summed E-state index contributed by atoms with van der Waals surface area (Å²) in [5.74, 6) is -0.999. The van der Waals surface area contributed by atoms with Crippen LogP contribution >= 0.6 is 34.3 Å². The average molecular weight is 483 g/mol. The summed E-state index contributed by atoms with van der Waals surface area (Å²) in [6.07, 6.45) is 4.21. The third-order valence-corrected chi connectivity index (χ3v) is 7.89. The maximum Gasteiger partial charge on any atom is 0.268 e. The highest BCUT2D eigenvalue weighted by Gasteiger charge is 2.24. The van der Waals surface area contributed by atoms with Crippen molar-refractivity contribution in [3.63, 3.8) is 0 Å². The third kappa shape index (κ3) is 3.64. The number of hydrogen-bond donors (Lipinski definition) is 3. The summed E-state index contributed by atoms with van der Waals surface area (Å²) < 4.78 is 0. The minimum atomic E-state index is -0.620. The van der Waals surface area contributed by atoms with E-state index in [0.717, 1.165) is 47.2 Å². The number of halogens is 1. The first-order valence-corrected chi connectivity index (χ1v) is 12.2. The molecule has 0 saturated heterocycles. The van der Waals surface area contributed by atoms with Crippen molar-refractivity contribution in [2.24, 2.45) is 5.73 Å². The van der Waals surface area contributed by atoms with Crippen molar-refractivity contribution in [3.05, 3.63) is 62.4 Å².